The van der Waals surface area contributed by atoms with Crippen LogP contribution < -0.4 is 10.5 Å². The van der Waals surface area contributed by atoms with Crippen LogP contribution in [0.4, 0.5) is 5.82 Å². The molecule has 0 aliphatic carbocycles. The predicted octanol–water partition coefficient (Wildman–Crippen LogP) is 0.790. The lowest BCUT2D eigenvalue weighted by Crippen LogP contribution is -2.50. The van der Waals surface area contributed by atoms with E-state index in [4.69, 9.17) is 0 Å². The highest BCUT2D eigenvalue weighted by molar-refractivity contribution is 5.76. The number of carbonyl (C=O) groups excluding carboxylic acids is 1. The van der Waals surface area contributed by atoms with Crippen molar-refractivity contribution in [3.8, 4) is 5.82 Å². The maximum Gasteiger partial charge on any atom is 0.256 e. The number of piperazine rings is 1. The molecule has 0 atom stereocenters. The van der Waals surface area contributed by atoms with Gasteiger partial charge in [-0.25, -0.2) is 4.98 Å². The second-order valence-electron chi connectivity index (χ2n) is 7.10. The van der Waals surface area contributed by atoms with Gasteiger partial charge in [-0.3, -0.25) is 14.2 Å². The van der Waals surface area contributed by atoms with Gasteiger partial charge in [0.15, 0.2) is 11.6 Å². The van der Waals surface area contributed by atoms with Gasteiger partial charge in [-0.15, -0.1) is 10.2 Å². The van der Waals surface area contributed by atoms with E-state index in [2.05, 4.69) is 20.1 Å². The zero-order valence-corrected chi connectivity index (χ0v) is 16.5. The van der Waals surface area contributed by atoms with Crippen molar-refractivity contribution in [3.63, 3.8) is 0 Å². The van der Waals surface area contributed by atoms with E-state index in [9.17, 15) is 9.59 Å². The molecule has 4 rings (SSSR count). The van der Waals surface area contributed by atoms with Crippen LogP contribution in [0, 0.1) is 13.8 Å². The molecule has 4 heterocycles. The Balaban J connectivity index is 1.36. The number of amides is 1. The predicted molar refractivity (Wildman–Crippen MR) is 108 cm³/mol. The molecular weight excluding hydrogens is 370 g/mol. The third-order valence-corrected chi connectivity index (χ3v) is 5.28. The largest absolute Gasteiger partial charge is 0.352 e. The molecule has 29 heavy (non-hydrogen) atoms. The zero-order chi connectivity index (χ0) is 20.4. The standard InChI is InChI=1S/C20H23N7O2/c1-15-16(2)21-14-27(20(15)29)13-19(28)26-11-9-25(10-12-26)18-6-5-17(22-23-18)24-7-3-4-8-24/h3-8,14H,9-13H2,1-2H3. The molecule has 1 fully saturated rings. The van der Waals surface area contributed by atoms with Crippen molar-refractivity contribution in [1.29, 1.82) is 0 Å². The lowest BCUT2D eigenvalue weighted by atomic mass is 10.2. The van der Waals surface area contributed by atoms with Crippen LogP contribution in [0.3, 0.4) is 0 Å². The highest BCUT2D eigenvalue weighted by Crippen LogP contribution is 2.14. The summed E-state index contributed by atoms with van der Waals surface area (Å²) in [6, 6.07) is 7.75. The molecular formula is C20H23N7O2. The molecule has 150 valence electrons. The van der Waals surface area contributed by atoms with Gasteiger partial charge in [0.2, 0.25) is 5.91 Å². The van der Waals surface area contributed by atoms with Gasteiger partial charge in [-0.05, 0) is 38.1 Å². The number of hydrogen-bond acceptors (Lipinski definition) is 6. The van der Waals surface area contributed by atoms with Crippen LogP contribution in [0.5, 0.6) is 0 Å². The summed E-state index contributed by atoms with van der Waals surface area (Å²) in [4.78, 5) is 33.0. The molecule has 3 aromatic rings. The lowest BCUT2D eigenvalue weighted by molar-refractivity contribution is -0.132. The average Bonchev–Trinajstić information content (AvgIpc) is 3.29. The first-order valence-electron chi connectivity index (χ1n) is 9.55. The molecule has 0 aromatic carbocycles. The van der Waals surface area contributed by atoms with E-state index in [1.807, 2.05) is 41.2 Å². The van der Waals surface area contributed by atoms with Crippen LogP contribution in [0.15, 0.2) is 47.8 Å². The van der Waals surface area contributed by atoms with Crippen molar-refractivity contribution in [2.45, 2.75) is 20.4 Å². The summed E-state index contributed by atoms with van der Waals surface area (Å²) < 4.78 is 3.28. The van der Waals surface area contributed by atoms with Gasteiger partial charge < -0.3 is 14.4 Å². The maximum atomic E-state index is 12.6. The van der Waals surface area contributed by atoms with E-state index in [0.717, 1.165) is 11.6 Å². The summed E-state index contributed by atoms with van der Waals surface area (Å²) in [7, 11) is 0. The van der Waals surface area contributed by atoms with Crippen LogP contribution in [-0.4, -0.2) is 61.3 Å². The number of aryl methyl sites for hydroxylation is 1. The summed E-state index contributed by atoms with van der Waals surface area (Å²) in [5.74, 6) is 1.48. The molecule has 9 heteroatoms. The van der Waals surface area contributed by atoms with Gasteiger partial charge in [0.05, 0.1) is 6.33 Å². The van der Waals surface area contributed by atoms with Crippen LogP contribution >= 0.6 is 0 Å². The third kappa shape index (κ3) is 3.89. The van der Waals surface area contributed by atoms with Gasteiger partial charge in [0.1, 0.15) is 6.54 Å². The smallest absolute Gasteiger partial charge is 0.256 e. The number of hydrogen-bond donors (Lipinski definition) is 0. The molecule has 0 saturated carbocycles. The van der Waals surface area contributed by atoms with Gasteiger partial charge in [-0.1, -0.05) is 0 Å². The molecule has 9 nitrogen and oxygen atoms in total. The average molecular weight is 393 g/mol. The first-order chi connectivity index (χ1) is 14.0. The Hall–Kier alpha value is -3.49. The molecule has 3 aromatic heterocycles. The van der Waals surface area contributed by atoms with Crippen molar-refractivity contribution < 1.29 is 4.79 Å². The van der Waals surface area contributed by atoms with Gasteiger partial charge in [-0.2, -0.15) is 0 Å². The summed E-state index contributed by atoms with van der Waals surface area (Å²) in [5, 5.41) is 8.60. The quantitative estimate of drug-likeness (QED) is 0.651. The molecule has 1 saturated heterocycles. The van der Waals surface area contributed by atoms with Crippen molar-refractivity contribution >= 4 is 11.7 Å². The summed E-state index contributed by atoms with van der Waals surface area (Å²) in [6.45, 7) is 6.02. The highest BCUT2D eigenvalue weighted by atomic mass is 16.2. The number of anilines is 1. The van der Waals surface area contributed by atoms with Crippen molar-refractivity contribution in [3.05, 3.63) is 64.6 Å². The topological polar surface area (TPSA) is 89.2 Å². The maximum absolute atomic E-state index is 12.6. The minimum atomic E-state index is -0.164. The van der Waals surface area contributed by atoms with Gasteiger partial charge in [0, 0.05) is 49.8 Å². The second-order valence-corrected chi connectivity index (χ2v) is 7.10. The fourth-order valence-corrected chi connectivity index (χ4v) is 3.33. The minimum absolute atomic E-state index is 0.0122. The fourth-order valence-electron chi connectivity index (χ4n) is 3.33. The van der Waals surface area contributed by atoms with Crippen LogP contribution in [0.25, 0.3) is 5.82 Å². The zero-order valence-electron chi connectivity index (χ0n) is 16.5. The Kier molecular flexibility index (Phi) is 5.11. The van der Waals surface area contributed by atoms with Crippen LogP contribution in [-0.2, 0) is 11.3 Å². The Labute approximate surface area is 168 Å². The molecule has 0 unspecified atom stereocenters. The van der Waals surface area contributed by atoms with Gasteiger partial charge in [0.25, 0.3) is 5.56 Å². The third-order valence-electron chi connectivity index (χ3n) is 5.28. The van der Waals surface area contributed by atoms with Crippen molar-refractivity contribution in [1.82, 2.24) is 29.2 Å². The molecule has 0 spiro atoms. The Morgan fingerprint density at radius 1 is 1.00 bits per heavy atom. The van der Waals surface area contributed by atoms with E-state index < -0.39 is 0 Å². The molecule has 1 aliphatic heterocycles. The van der Waals surface area contributed by atoms with Crippen molar-refractivity contribution in [2.24, 2.45) is 0 Å². The summed E-state index contributed by atoms with van der Waals surface area (Å²) in [5.41, 5.74) is 1.10. The van der Waals surface area contributed by atoms with E-state index in [1.165, 1.54) is 10.9 Å². The van der Waals surface area contributed by atoms with Crippen LogP contribution in [0.2, 0.25) is 0 Å². The van der Waals surface area contributed by atoms with E-state index in [-0.39, 0.29) is 18.0 Å². The molecule has 0 radical (unpaired) electrons. The second kappa shape index (κ2) is 7.86. The van der Waals surface area contributed by atoms with Gasteiger partial charge >= 0.3 is 0 Å². The number of carbonyl (C=O) groups is 1. The Bertz CT molecular complexity index is 1050. The molecule has 1 amide bonds. The molecule has 0 N–H and O–H groups in total. The number of aromatic nitrogens is 5. The SMILES string of the molecule is Cc1ncn(CC(=O)N2CCN(c3ccc(-n4cccc4)nn3)CC2)c(=O)c1C. The van der Waals surface area contributed by atoms with Crippen LogP contribution in [0.1, 0.15) is 11.3 Å². The normalized spacial score (nSPS) is 14.3. The van der Waals surface area contributed by atoms with Crippen molar-refractivity contribution in [2.75, 3.05) is 31.1 Å². The number of rotatable bonds is 4. The monoisotopic (exact) mass is 393 g/mol. The summed E-state index contributed by atoms with van der Waals surface area (Å²) in [6.07, 6.45) is 5.29. The Morgan fingerprint density at radius 2 is 1.66 bits per heavy atom. The summed E-state index contributed by atoms with van der Waals surface area (Å²) >= 11 is 0. The first kappa shape index (κ1) is 18.9. The highest BCUT2D eigenvalue weighted by Gasteiger charge is 2.23. The van der Waals surface area contributed by atoms with E-state index >= 15 is 0 Å². The van der Waals surface area contributed by atoms with E-state index in [1.54, 1.807) is 18.7 Å². The minimum Gasteiger partial charge on any atom is -0.352 e. The first-order valence-corrected chi connectivity index (χ1v) is 9.55. The molecule has 1 aliphatic rings. The van der Waals surface area contributed by atoms with E-state index in [0.29, 0.717) is 37.4 Å². The molecule has 0 bridgehead atoms. The number of nitrogens with zero attached hydrogens (tertiary/aromatic N) is 7. The fraction of sp³-hybridized carbons (Fsp3) is 0.350. The Morgan fingerprint density at radius 3 is 2.31 bits per heavy atom. The lowest BCUT2D eigenvalue weighted by Gasteiger charge is -2.35.